The molecule has 5 rings (SSSR count). The maximum absolute atomic E-state index is 3.52. The fraction of sp³-hybridized carbons (Fsp3) is 0.333. The molecule has 3 heterocycles. The Kier molecular flexibility index (Phi) is 3.75. The number of anilines is 1. The molecule has 2 aromatic carbocycles. The molecule has 2 atom stereocenters. The zero-order valence-corrected chi connectivity index (χ0v) is 15.3. The van der Waals surface area contributed by atoms with Crippen LogP contribution in [0.1, 0.15) is 17.5 Å². The quantitative estimate of drug-likeness (QED) is 0.898. The van der Waals surface area contributed by atoms with E-state index in [0.717, 1.165) is 25.6 Å². The van der Waals surface area contributed by atoms with Gasteiger partial charge in [-0.05, 0) is 50.0 Å². The summed E-state index contributed by atoms with van der Waals surface area (Å²) in [6, 6.07) is 17.7. The highest BCUT2D eigenvalue weighted by atomic mass is 32.2. The van der Waals surface area contributed by atoms with E-state index in [9.17, 15) is 0 Å². The summed E-state index contributed by atoms with van der Waals surface area (Å²) in [4.78, 5) is 6.46. The molecule has 0 radical (unpaired) electrons. The van der Waals surface area contributed by atoms with Gasteiger partial charge < -0.3 is 15.1 Å². The molecular formula is C21H23N3S. The first-order chi connectivity index (χ1) is 12.3. The fourth-order valence-corrected chi connectivity index (χ4v) is 5.33. The molecule has 128 valence electrons. The van der Waals surface area contributed by atoms with Gasteiger partial charge in [0.05, 0.1) is 11.4 Å². The molecule has 0 saturated carbocycles. The van der Waals surface area contributed by atoms with Gasteiger partial charge in [-0.15, -0.1) is 0 Å². The second-order valence-corrected chi connectivity index (χ2v) is 8.31. The second-order valence-electron chi connectivity index (χ2n) is 7.21. The summed E-state index contributed by atoms with van der Waals surface area (Å²) in [5.41, 5.74) is 5.69. The van der Waals surface area contributed by atoms with Gasteiger partial charge in [-0.25, -0.2) is 0 Å². The van der Waals surface area contributed by atoms with Crippen molar-refractivity contribution in [2.75, 3.05) is 24.5 Å². The Balaban J connectivity index is 1.52. The van der Waals surface area contributed by atoms with E-state index < -0.39 is 0 Å². The monoisotopic (exact) mass is 349 g/mol. The molecule has 0 aliphatic carbocycles. The van der Waals surface area contributed by atoms with Crippen molar-refractivity contribution in [1.82, 2.24) is 10.2 Å². The van der Waals surface area contributed by atoms with Gasteiger partial charge in [-0.1, -0.05) is 53.7 Å². The largest absolute Gasteiger partial charge is 0.340 e. The SMILES string of the molecule is Cc1ccc(C2=CN3c4ccccc4S[C@H]3N2CC2CCNC2)cc1. The standard InChI is InChI=1S/C21H23N3S/c1-15-6-8-17(9-7-15)19-14-24-18-4-2-3-5-20(18)25-21(24)23(19)13-16-10-11-22-12-16/h2-9,14,16,21-22H,10-13H2,1H3/t16?,21-/m0/s1. The van der Waals surface area contributed by atoms with Crippen molar-refractivity contribution in [3.05, 3.63) is 65.9 Å². The minimum atomic E-state index is 0.356. The zero-order valence-electron chi connectivity index (χ0n) is 14.5. The lowest BCUT2D eigenvalue weighted by Crippen LogP contribution is -2.37. The average Bonchev–Trinajstić information content (AvgIpc) is 3.33. The number of rotatable bonds is 3. The number of thioether (sulfide) groups is 1. The van der Waals surface area contributed by atoms with Crippen molar-refractivity contribution in [2.45, 2.75) is 23.7 Å². The zero-order chi connectivity index (χ0) is 16.8. The first kappa shape index (κ1) is 15.4. The number of nitrogens with zero attached hydrogens (tertiary/aromatic N) is 2. The Bertz CT molecular complexity index is 808. The van der Waals surface area contributed by atoms with Crippen LogP contribution in [0.15, 0.2) is 59.6 Å². The van der Waals surface area contributed by atoms with Gasteiger partial charge in [0, 0.05) is 17.6 Å². The summed E-state index contributed by atoms with van der Waals surface area (Å²) in [5.74, 6) is 0.734. The van der Waals surface area contributed by atoms with Crippen LogP contribution in [-0.4, -0.2) is 30.0 Å². The minimum absolute atomic E-state index is 0.356. The molecule has 3 nitrogen and oxygen atoms in total. The molecule has 3 aliphatic heterocycles. The molecule has 0 spiro atoms. The summed E-state index contributed by atoms with van der Waals surface area (Å²) in [7, 11) is 0. The fourth-order valence-electron chi connectivity index (χ4n) is 4.03. The molecule has 0 aromatic heterocycles. The number of hydrogen-bond donors (Lipinski definition) is 1. The third-order valence-corrected chi connectivity index (χ3v) is 6.71. The van der Waals surface area contributed by atoms with Gasteiger partial charge in [0.15, 0.2) is 5.50 Å². The Hall–Kier alpha value is -1.91. The predicted octanol–water partition coefficient (Wildman–Crippen LogP) is 4.11. The molecule has 1 saturated heterocycles. The Morgan fingerprint density at radius 2 is 1.96 bits per heavy atom. The van der Waals surface area contributed by atoms with E-state index in [0.29, 0.717) is 5.50 Å². The normalized spacial score (nSPS) is 24.4. The topological polar surface area (TPSA) is 18.5 Å². The van der Waals surface area contributed by atoms with Gasteiger partial charge in [-0.3, -0.25) is 0 Å². The van der Waals surface area contributed by atoms with Crippen LogP contribution < -0.4 is 10.2 Å². The summed E-state index contributed by atoms with van der Waals surface area (Å²) >= 11 is 1.98. The minimum Gasteiger partial charge on any atom is -0.340 e. The maximum atomic E-state index is 3.52. The van der Waals surface area contributed by atoms with E-state index in [4.69, 9.17) is 0 Å². The number of hydrogen-bond acceptors (Lipinski definition) is 4. The van der Waals surface area contributed by atoms with E-state index in [1.165, 1.54) is 33.8 Å². The van der Waals surface area contributed by atoms with E-state index in [1.54, 1.807) is 0 Å². The van der Waals surface area contributed by atoms with Gasteiger partial charge >= 0.3 is 0 Å². The molecule has 4 heteroatoms. The second kappa shape index (κ2) is 6.11. The molecule has 0 bridgehead atoms. The van der Waals surface area contributed by atoms with Crippen molar-refractivity contribution >= 4 is 23.1 Å². The molecule has 25 heavy (non-hydrogen) atoms. The Labute approximate surface area is 153 Å². The van der Waals surface area contributed by atoms with E-state index >= 15 is 0 Å². The van der Waals surface area contributed by atoms with Crippen molar-refractivity contribution in [3.63, 3.8) is 0 Å². The van der Waals surface area contributed by atoms with E-state index in [1.807, 2.05) is 11.8 Å². The lowest BCUT2D eigenvalue weighted by molar-refractivity contribution is 0.336. The smallest absolute Gasteiger partial charge is 0.159 e. The Morgan fingerprint density at radius 3 is 2.76 bits per heavy atom. The lowest BCUT2D eigenvalue weighted by atomic mass is 10.1. The average molecular weight is 350 g/mol. The van der Waals surface area contributed by atoms with Gasteiger partial charge in [-0.2, -0.15) is 0 Å². The summed E-state index contributed by atoms with van der Waals surface area (Å²) in [5, 5.41) is 3.52. The molecule has 1 fully saturated rings. The molecule has 1 N–H and O–H groups in total. The van der Waals surface area contributed by atoms with Crippen molar-refractivity contribution in [2.24, 2.45) is 5.92 Å². The van der Waals surface area contributed by atoms with Crippen LogP contribution >= 0.6 is 11.8 Å². The summed E-state index contributed by atoms with van der Waals surface area (Å²) < 4.78 is 0. The summed E-state index contributed by atoms with van der Waals surface area (Å²) in [6.07, 6.45) is 3.64. The van der Waals surface area contributed by atoms with Crippen molar-refractivity contribution in [1.29, 1.82) is 0 Å². The van der Waals surface area contributed by atoms with Gasteiger partial charge in [0.2, 0.25) is 0 Å². The molecular weight excluding hydrogens is 326 g/mol. The third-order valence-electron chi connectivity index (χ3n) is 5.42. The number of nitrogens with one attached hydrogen (secondary N) is 1. The molecule has 1 unspecified atom stereocenters. The van der Waals surface area contributed by atoms with E-state index in [2.05, 4.69) is 76.8 Å². The van der Waals surface area contributed by atoms with Crippen LogP contribution in [0.5, 0.6) is 0 Å². The first-order valence-electron chi connectivity index (χ1n) is 9.10. The molecule has 0 amide bonds. The van der Waals surface area contributed by atoms with Crippen LogP contribution in [0.4, 0.5) is 5.69 Å². The summed E-state index contributed by atoms with van der Waals surface area (Å²) in [6.45, 7) is 5.57. The highest BCUT2D eigenvalue weighted by Crippen LogP contribution is 2.50. The molecule has 3 aliphatic rings. The number of fused-ring (bicyclic) bond motifs is 3. The number of aryl methyl sites for hydroxylation is 1. The third kappa shape index (κ3) is 2.64. The van der Waals surface area contributed by atoms with Crippen molar-refractivity contribution < 1.29 is 0 Å². The number of benzene rings is 2. The Morgan fingerprint density at radius 1 is 1.12 bits per heavy atom. The van der Waals surface area contributed by atoms with Crippen LogP contribution in [0.3, 0.4) is 0 Å². The van der Waals surface area contributed by atoms with Crippen molar-refractivity contribution in [3.8, 4) is 0 Å². The van der Waals surface area contributed by atoms with Crippen LogP contribution in [0.2, 0.25) is 0 Å². The van der Waals surface area contributed by atoms with Crippen LogP contribution in [-0.2, 0) is 0 Å². The van der Waals surface area contributed by atoms with E-state index in [-0.39, 0.29) is 0 Å². The highest BCUT2D eigenvalue weighted by molar-refractivity contribution is 8.00. The lowest BCUT2D eigenvalue weighted by Gasteiger charge is -2.31. The predicted molar refractivity (Wildman–Crippen MR) is 105 cm³/mol. The van der Waals surface area contributed by atoms with Gasteiger partial charge in [0.1, 0.15) is 0 Å². The van der Waals surface area contributed by atoms with Crippen LogP contribution in [0, 0.1) is 12.8 Å². The number of para-hydroxylation sites is 1. The highest BCUT2D eigenvalue weighted by Gasteiger charge is 2.40. The maximum Gasteiger partial charge on any atom is 0.159 e. The molecule has 2 aromatic rings. The van der Waals surface area contributed by atoms with Crippen LogP contribution in [0.25, 0.3) is 5.70 Å². The van der Waals surface area contributed by atoms with Gasteiger partial charge in [0.25, 0.3) is 0 Å². The first-order valence-corrected chi connectivity index (χ1v) is 9.98.